The lowest BCUT2D eigenvalue weighted by Gasteiger charge is -2.39. The predicted octanol–water partition coefficient (Wildman–Crippen LogP) is 5.31. The minimum Gasteiger partial charge on any atom is -0.449 e. The van der Waals surface area contributed by atoms with Crippen molar-refractivity contribution in [1.29, 1.82) is 0 Å². The van der Waals surface area contributed by atoms with Gasteiger partial charge >= 0.3 is 6.09 Å². The van der Waals surface area contributed by atoms with E-state index in [-0.39, 0.29) is 18.0 Å². The Labute approximate surface area is 211 Å². The van der Waals surface area contributed by atoms with Gasteiger partial charge in [-0.2, -0.15) is 0 Å². The summed E-state index contributed by atoms with van der Waals surface area (Å²) in [5.74, 6) is -0.0849. The number of halogens is 1. The van der Waals surface area contributed by atoms with Gasteiger partial charge in [0.25, 0.3) is 5.91 Å². The van der Waals surface area contributed by atoms with E-state index in [0.717, 1.165) is 28.8 Å². The molecule has 0 N–H and O–H groups in total. The van der Waals surface area contributed by atoms with E-state index in [1.807, 2.05) is 63.2 Å². The fraction of sp³-hybridized carbons (Fsp3) is 0.370. The average Bonchev–Trinajstić information content (AvgIpc) is 2.86. The number of ether oxygens (including phenoxy) is 1. The number of carbonyl (C=O) groups is 2. The van der Waals surface area contributed by atoms with Gasteiger partial charge in [0.15, 0.2) is 0 Å². The molecule has 0 aliphatic carbocycles. The molecule has 35 heavy (non-hydrogen) atoms. The molecular formula is C27H31ClN4O3. The van der Waals surface area contributed by atoms with Crippen LogP contribution in [0.1, 0.15) is 30.6 Å². The minimum absolute atomic E-state index is 0.0849. The number of nitrogens with zero attached hydrogens (tertiary/aromatic N) is 4. The third kappa shape index (κ3) is 5.35. The molecule has 1 atom stereocenters. The van der Waals surface area contributed by atoms with E-state index in [1.54, 1.807) is 21.9 Å². The third-order valence-electron chi connectivity index (χ3n) is 6.24. The second-order valence-corrected chi connectivity index (χ2v) is 9.48. The van der Waals surface area contributed by atoms with Crippen molar-refractivity contribution in [3.8, 4) is 11.3 Å². The highest BCUT2D eigenvalue weighted by Gasteiger charge is 2.31. The number of rotatable bonds is 5. The highest BCUT2D eigenvalue weighted by Crippen LogP contribution is 2.30. The van der Waals surface area contributed by atoms with Gasteiger partial charge in [-0.05, 0) is 43.7 Å². The molecular weight excluding hydrogens is 464 g/mol. The van der Waals surface area contributed by atoms with Gasteiger partial charge < -0.3 is 19.4 Å². The Bertz CT molecular complexity index is 1250. The molecule has 1 aliphatic rings. The fourth-order valence-electron chi connectivity index (χ4n) is 4.28. The lowest BCUT2D eigenvalue weighted by Crippen LogP contribution is -2.55. The third-order valence-corrected chi connectivity index (χ3v) is 6.56. The number of carbonyl (C=O) groups excluding carboxylic acids is 2. The normalized spacial score (nSPS) is 15.9. The van der Waals surface area contributed by atoms with Crippen molar-refractivity contribution < 1.29 is 14.3 Å². The van der Waals surface area contributed by atoms with Crippen molar-refractivity contribution in [2.75, 3.05) is 45.2 Å². The molecule has 0 spiro atoms. The zero-order chi connectivity index (χ0) is 25.1. The maximum absolute atomic E-state index is 13.3. The predicted molar refractivity (Wildman–Crippen MR) is 140 cm³/mol. The van der Waals surface area contributed by atoms with Crippen molar-refractivity contribution in [3.63, 3.8) is 0 Å². The molecule has 0 radical (unpaired) electrons. The molecule has 1 saturated heterocycles. The topological polar surface area (TPSA) is 66.0 Å². The number of fused-ring (bicyclic) bond motifs is 1. The van der Waals surface area contributed by atoms with Gasteiger partial charge in [0.1, 0.15) is 0 Å². The number of amides is 2. The Morgan fingerprint density at radius 2 is 1.94 bits per heavy atom. The van der Waals surface area contributed by atoms with E-state index >= 15 is 0 Å². The summed E-state index contributed by atoms with van der Waals surface area (Å²) in [5.41, 5.74) is 3.99. The van der Waals surface area contributed by atoms with Crippen LogP contribution in [-0.4, -0.2) is 73.2 Å². The minimum atomic E-state index is -0.318. The van der Waals surface area contributed by atoms with E-state index < -0.39 is 0 Å². The largest absolute Gasteiger partial charge is 0.449 e. The standard InChI is InChI=1S/C27H31ClN4O3/c1-5-13-35-27(34)32-12-11-31(17-18(32)2)26(33)20-9-10-22-23(28)16-24(29-25(22)15-20)19-7-6-8-21(14-19)30(3)4/h6-10,14-16,18H,5,11-13,17H2,1-4H3/t18-/m1/s1. The number of hydrogen-bond donors (Lipinski definition) is 0. The van der Waals surface area contributed by atoms with Gasteiger partial charge in [-0.15, -0.1) is 0 Å². The maximum atomic E-state index is 13.3. The summed E-state index contributed by atoms with van der Waals surface area (Å²) in [6, 6.07) is 15.3. The van der Waals surface area contributed by atoms with E-state index in [2.05, 4.69) is 6.07 Å². The summed E-state index contributed by atoms with van der Waals surface area (Å²) >= 11 is 6.60. The zero-order valence-corrected chi connectivity index (χ0v) is 21.4. The SMILES string of the molecule is CCCOC(=O)N1CCN(C(=O)c2ccc3c(Cl)cc(-c4cccc(N(C)C)c4)nc3c2)C[C@H]1C. The van der Waals surface area contributed by atoms with Gasteiger partial charge in [-0.1, -0.05) is 36.7 Å². The molecule has 184 valence electrons. The van der Waals surface area contributed by atoms with Crippen molar-refractivity contribution in [2.24, 2.45) is 0 Å². The summed E-state index contributed by atoms with van der Waals surface area (Å²) < 4.78 is 5.27. The van der Waals surface area contributed by atoms with Gasteiger partial charge in [0.05, 0.1) is 22.8 Å². The average molecular weight is 495 g/mol. The van der Waals surface area contributed by atoms with Crippen LogP contribution in [-0.2, 0) is 4.74 Å². The first-order chi connectivity index (χ1) is 16.8. The lowest BCUT2D eigenvalue weighted by molar-refractivity contribution is 0.0412. The summed E-state index contributed by atoms with van der Waals surface area (Å²) in [7, 11) is 3.99. The van der Waals surface area contributed by atoms with Crippen LogP contribution in [0.3, 0.4) is 0 Å². The van der Waals surface area contributed by atoms with Gasteiger partial charge in [0.2, 0.25) is 0 Å². The second kappa shape index (κ2) is 10.5. The number of hydrogen-bond acceptors (Lipinski definition) is 5. The fourth-order valence-corrected chi connectivity index (χ4v) is 4.54. The van der Waals surface area contributed by atoms with E-state index in [1.165, 1.54) is 0 Å². The van der Waals surface area contributed by atoms with Crippen LogP contribution in [0.25, 0.3) is 22.2 Å². The Hall–Kier alpha value is -3.32. The van der Waals surface area contributed by atoms with Crippen molar-refractivity contribution in [3.05, 3.63) is 59.1 Å². The Balaban J connectivity index is 1.57. The van der Waals surface area contributed by atoms with Crippen LogP contribution < -0.4 is 4.90 Å². The van der Waals surface area contributed by atoms with Crippen LogP contribution in [0.2, 0.25) is 5.02 Å². The summed E-state index contributed by atoms with van der Waals surface area (Å²) in [5, 5.41) is 1.39. The molecule has 1 aromatic heterocycles. The number of piperazine rings is 1. The molecule has 2 amide bonds. The summed E-state index contributed by atoms with van der Waals surface area (Å²) in [4.78, 5) is 35.9. The van der Waals surface area contributed by atoms with E-state index in [9.17, 15) is 9.59 Å². The molecule has 4 rings (SSSR count). The molecule has 3 aromatic rings. The Morgan fingerprint density at radius 3 is 2.66 bits per heavy atom. The van der Waals surface area contributed by atoms with Crippen molar-refractivity contribution >= 4 is 40.2 Å². The molecule has 0 bridgehead atoms. The van der Waals surface area contributed by atoms with Crippen molar-refractivity contribution in [2.45, 2.75) is 26.3 Å². The second-order valence-electron chi connectivity index (χ2n) is 9.07. The highest BCUT2D eigenvalue weighted by atomic mass is 35.5. The van der Waals surface area contributed by atoms with E-state index in [0.29, 0.717) is 42.3 Å². The molecule has 2 heterocycles. The van der Waals surface area contributed by atoms with Gasteiger partial charge in [0, 0.05) is 62.0 Å². The van der Waals surface area contributed by atoms with Crippen LogP contribution in [0.15, 0.2) is 48.5 Å². The number of anilines is 1. The zero-order valence-electron chi connectivity index (χ0n) is 20.6. The monoisotopic (exact) mass is 494 g/mol. The van der Waals surface area contributed by atoms with Crippen LogP contribution in [0.5, 0.6) is 0 Å². The molecule has 7 nitrogen and oxygen atoms in total. The van der Waals surface area contributed by atoms with Crippen LogP contribution in [0.4, 0.5) is 10.5 Å². The first kappa shape index (κ1) is 24.8. The Morgan fingerprint density at radius 1 is 1.14 bits per heavy atom. The molecule has 8 heteroatoms. The number of benzene rings is 2. The molecule has 0 saturated carbocycles. The lowest BCUT2D eigenvalue weighted by atomic mass is 10.1. The quantitative estimate of drug-likeness (QED) is 0.480. The molecule has 1 aliphatic heterocycles. The maximum Gasteiger partial charge on any atom is 0.410 e. The highest BCUT2D eigenvalue weighted by molar-refractivity contribution is 6.35. The van der Waals surface area contributed by atoms with Crippen LogP contribution >= 0.6 is 11.6 Å². The summed E-state index contributed by atoms with van der Waals surface area (Å²) in [6.45, 7) is 5.64. The number of pyridine rings is 1. The first-order valence-electron chi connectivity index (χ1n) is 11.9. The first-order valence-corrected chi connectivity index (χ1v) is 12.3. The number of aromatic nitrogens is 1. The van der Waals surface area contributed by atoms with Crippen LogP contribution in [0, 0.1) is 0 Å². The van der Waals surface area contributed by atoms with Crippen molar-refractivity contribution in [1.82, 2.24) is 14.8 Å². The Kier molecular flexibility index (Phi) is 7.45. The van der Waals surface area contributed by atoms with Gasteiger partial charge in [-0.25, -0.2) is 9.78 Å². The van der Waals surface area contributed by atoms with E-state index in [4.69, 9.17) is 21.3 Å². The molecule has 1 fully saturated rings. The summed E-state index contributed by atoms with van der Waals surface area (Å²) in [6.07, 6.45) is 0.461. The molecule has 2 aromatic carbocycles. The van der Waals surface area contributed by atoms with Gasteiger partial charge in [-0.3, -0.25) is 4.79 Å². The smallest absolute Gasteiger partial charge is 0.410 e. The molecule has 0 unspecified atom stereocenters.